The first-order chi connectivity index (χ1) is 5.20. The highest BCUT2D eigenvalue weighted by Crippen LogP contribution is 2.15. The normalized spacial score (nSPS) is 25.3. The first-order valence-corrected chi connectivity index (χ1v) is 4.57. The van der Waals surface area contributed by atoms with E-state index < -0.39 is 0 Å². The molecule has 1 nitrogen and oxygen atoms in total. The van der Waals surface area contributed by atoms with Crippen LogP contribution in [0.1, 0.15) is 26.7 Å². The maximum Gasteiger partial charge on any atom is 0.0279 e. The lowest BCUT2D eigenvalue weighted by molar-refractivity contribution is 0.304. The minimum atomic E-state index is 0.720. The summed E-state index contributed by atoms with van der Waals surface area (Å²) in [5.74, 6) is 0.845. The van der Waals surface area contributed by atoms with Crippen LogP contribution in [0, 0.1) is 5.92 Å². The third-order valence-corrected chi connectivity index (χ3v) is 2.36. The molecule has 1 unspecified atom stereocenters. The van der Waals surface area contributed by atoms with Crippen molar-refractivity contribution in [3.05, 3.63) is 12.2 Å². The van der Waals surface area contributed by atoms with Gasteiger partial charge in [-0.15, -0.1) is 0 Å². The number of hydrogen-bond donors (Lipinski definition) is 0. The Hall–Kier alpha value is -0.300. The summed E-state index contributed by atoms with van der Waals surface area (Å²) >= 11 is 0. The SMILES string of the molecule is CC(C)CCC1C=CCN1C. The number of rotatable bonds is 3. The monoisotopic (exact) mass is 153 g/mol. The molecule has 0 fully saturated rings. The van der Waals surface area contributed by atoms with Crippen LogP contribution in [0.25, 0.3) is 0 Å². The first kappa shape index (κ1) is 8.79. The molecule has 0 spiro atoms. The number of likely N-dealkylation sites (N-methyl/N-ethyl adjacent to an activating group) is 1. The quantitative estimate of drug-likeness (QED) is 0.562. The van der Waals surface area contributed by atoms with Gasteiger partial charge in [0.2, 0.25) is 0 Å². The largest absolute Gasteiger partial charge is 0.296 e. The molecular formula is C10H19N. The molecule has 1 rings (SSSR count). The summed E-state index contributed by atoms with van der Waals surface area (Å²) in [6.07, 6.45) is 7.28. The predicted octanol–water partition coefficient (Wildman–Crippen LogP) is 2.29. The van der Waals surface area contributed by atoms with Crippen LogP contribution in [0.5, 0.6) is 0 Å². The second-order valence-corrected chi connectivity index (χ2v) is 3.91. The molecule has 0 bridgehead atoms. The second kappa shape index (κ2) is 3.91. The van der Waals surface area contributed by atoms with E-state index in [4.69, 9.17) is 0 Å². The zero-order chi connectivity index (χ0) is 8.27. The van der Waals surface area contributed by atoms with Crippen LogP contribution in [-0.4, -0.2) is 24.5 Å². The van der Waals surface area contributed by atoms with Gasteiger partial charge in [-0.1, -0.05) is 26.0 Å². The van der Waals surface area contributed by atoms with Crippen molar-refractivity contribution in [3.63, 3.8) is 0 Å². The second-order valence-electron chi connectivity index (χ2n) is 3.91. The lowest BCUT2D eigenvalue weighted by Gasteiger charge is -2.19. The average Bonchev–Trinajstić information content (AvgIpc) is 2.31. The molecule has 0 aromatic rings. The van der Waals surface area contributed by atoms with Gasteiger partial charge in [0.1, 0.15) is 0 Å². The molecule has 0 N–H and O–H groups in total. The summed E-state index contributed by atoms with van der Waals surface area (Å²) in [5, 5.41) is 0. The highest BCUT2D eigenvalue weighted by molar-refractivity contribution is 5.02. The van der Waals surface area contributed by atoms with Crippen LogP contribution < -0.4 is 0 Å². The number of hydrogen-bond acceptors (Lipinski definition) is 1. The van der Waals surface area contributed by atoms with Gasteiger partial charge in [-0.2, -0.15) is 0 Å². The van der Waals surface area contributed by atoms with Gasteiger partial charge in [-0.25, -0.2) is 0 Å². The van der Waals surface area contributed by atoms with Gasteiger partial charge in [0.15, 0.2) is 0 Å². The minimum Gasteiger partial charge on any atom is -0.296 e. The highest BCUT2D eigenvalue weighted by atomic mass is 15.1. The van der Waals surface area contributed by atoms with E-state index in [2.05, 4.69) is 37.9 Å². The van der Waals surface area contributed by atoms with Gasteiger partial charge in [-0.3, -0.25) is 4.90 Å². The molecule has 1 heterocycles. The van der Waals surface area contributed by atoms with Crippen LogP contribution >= 0.6 is 0 Å². The third-order valence-electron chi connectivity index (χ3n) is 2.36. The summed E-state index contributed by atoms with van der Waals surface area (Å²) in [4.78, 5) is 2.41. The van der Waals surface area contributed by atoms with E-state index in [0.29, 0.717) is 0 Å². The molecule has 1 aliphatic rings. The molecular weight excluding hydrogens is 134 g/mol. The molecule has 0 saturated heterocycles. The Labute approximate surface area is 70.1 Å². The van der Waals surface area contributed by atoms with Crippen molar-refractivity contribution in [2.75, 3.05) is 13.6 Å². The predicted molar refractivity (Wildman–Crippen MR) is 49.6 cm³/mol. The zero-order valence-corrected chi connectivity index (χ0v) is 7.88. The Morgan fingerprint density at radius 3 is 2.73 bits per heavy atom. The van der Waals surface area contributed by atoms with Crippen LogP contribution in [0.15, 0.2) is 12.2 Å². The Bertz CT molecular complexity index is 138. The highest BCUT2D eigenvalue weighted by Gasteiger charge is 2.14. The van der Waals surface area contributed by atoms with Crippen LogP contribution in [0.3, 0.4) is 0 Å². The molecule has 11 heavy (non-hydrogen) atoms. The van der Waals surface area contributed by atoms with E-state index in [9.17, 15) is 0 Å². The maximum absolute atomic E-state index is 2.41. The molecule has 0 aromatic heterocycles. The maximum atomic E-state index is 2.41. The molecule has 1 heteroatoms. The van der Waals surface area contributed by atoms with E-state index in [1.165, 1.54) is 12.8 Å². The van der Waals surface area contributed by atoms with E-state index in [1.807, 2.05) is 0 Å². The fourth-order valence-electron chi connectivity index (χ4n) is 1.49. The van der Waals surface area contributed by atoms with E-state index in [-0.39, 0.29) is 0 Å². The van der Waals surface area contributed by atoms with Gasteiger partial charge in [0.05, 0.1) is 0 Å². The van der Waals surface area contributed by atoms with E-state index in [0.717, 1.165) is 18.5 Å². The van der Waals surface area contributed by atoms with E-state index >= 15 is 0 Å². The van der Waals surface area contributed by atoms with Crippen molar-refractivity contribution in [1.82, 2.24) is 4.90 Å². The summed E-state index contributed by atoms with van der Waals surface area (Å²) in [6.45, 7) is 5.72. The first-order valence-electron chi connectivity index (χ1n) is 4.57. The van der Waals surface area contributed by atoms with Gasteiger partial charge in [0, 0.05) is 12.6 Å². The Morgan fingerprint density at radius 1 is 1.55 bits per heavy atom. The van der Waals surface area contributed by atoms with Gasteiger partial charge < -0.3 is 0 Å². The minimum absolute atomic E-state index is 0.720. The fourth-order valence-corrected chi connectivity index (χ4v) is 1.49. The van der Waals surface area contributed by atoms with Gasteiger partial charge in [-0.05, 0) is 25.8 Å². The Balaban J connectivity index is 2.20. The van der Waals surface area contributed by atoms with Crippen molar-refractivity contribution in [2.45, 2.75) is 32.7 Å². The number of nitrogens with zero attached hydrogens (tertiary/aromatic N) is 1. The lowest BCUT2D eigenvalue weighted by Crippen LogP contribution is -2.25. The molecule has 0 aromatic carbocycles. The fraction of sp³-hybridized carbons (Fsp3) is 0.800. The molecule has 64 valence electrons. The molecule has 0 aliphatic carbocycles. The summed E-state index contributed by atoms with van der Waals surface area (Å²) in [5.41, 5.74) is 0. The van der Waals surface area contributed by atoms with Crippen LogP contribution in [-0.2, 0) is 0 Å². The third kappa shape index (κ3) is 2.66. The molecule has 1 aliphatic heterocycles. The smallest absolute Gasteiger partial charge is 0.0279 e. The topological polar surface area (TPSA) is 3.24 Å². The van der Waals surface area contributed by atoms with Crippen LogP contribution in [0.4, 0.5) is 0 Å². The average molecular weight is 153 g/mol. The standard InChI is InChI=1S/C10H19N/c1-9(2)6-7-10-5-4-8-11(10)3/h4-5,9-10H,6-8H2,1-3H3. The van der Waals surface area contributed by atoms with Crippen LogP contribution in [0.2, 0.25) is 0 Å². The Morgan fingerprint density at radius 2 is 2.27 bits per heavy atom. The summed E-state index contributed by atoms with van der Waals surface area (Å²) in [7, 11) is 2.20. The van der Waals surface area contributed by atoms with Crippen molar-refractivity contribution in [3.8, 4) is 0 Å². The zero-order valence-electron chi connectivity index (χ0n) is 7.88. The Kier molecular flexibility index (Phi) is 3.13. The van der Waals surface area contributed by atoms with Crippen molar-refractivity contribution < 1.29 is 0 Å². The van der Waals surface area contributed by atoms with Gasteiger partial charge in [0.25, 0.3) is 0 Å². The molecule has 0 amide bonds. The van der Waals surface area contributed by atoms with Crippen molar-refractivity contribution >= 4 is 0 Å². The lowest BCUT2D eigenvalue weighted by atomic mass is 10.0. The summed E-state index contributed by atoms with van der Waals surface area (Å²) in [6, 6.07) is 0.720. The molecule has 0 saturated carbocycles. The van der Waals surface area contributed by atoms with E-state index in [1.54, 1.807) is 0 Å². The van der Waals surface area contributed by atoms with Crippen molar-refractivity contribution in [1.29, 1.82) is 0 Å². The summed E-state index contributed by atoms with van der Waals surface area (Å²) < 4.78 is 0. The van der Waals surface area contributed by atoms with Gasteiger partial charge >= 0.3 is 0 Å². The molecule has 0 radical (unpaired) electrons. The molecule has 1 atom stereocenters. The van der Waals surface area contributed by atoms with Crippen molar-refractivity contribution in [2.24, 2.45) is 5.92 Å².